The van der Waals surface area contributed by atoms with Crippen LogP contribution in [0.15, 0.2) is 57.9 Å². The minimum absolute atomic E-state index is 0.177. The minimum atomic E-state index is -3.66. The van der Waals surface area contributed by atoms with Crippen molar-refractivity contribution in [3.8, 4) is 16.9 Å². The third kappa shape index (κ3) is 3.72. The molecule has 0 saturated heterocycles. The molecule has 136 valence electrons. The number of rotatable bonds is 6. The molecule has 0 spiro atoms. The van der Waals surface area contributed by atoms with Crippen LogP contribution in [-0.4, -0.2) is 20.2 Å². The van der Waals surface area contributed by atoms with Crippen LogP contribution >= 0.6 is 0 Å². The van der Waals surface area contributed by atoms with E-state index in [0.29, 0.717) is 18.0 Å². The maximum atomic E-state index is 12.5. The third-order valence-corrected chi connectivity index (χ3v) is 5.30. The molecule has 0 bridgehead atoms. The summed E-state index contributed by atoms with van der Waals surface area (Å²) in [6.45, 7) is 6.12. The molecule has 1 N–H and O–H groups in total. The molecule has 1 heterocycles. The Balaban J connectivity index is 1.79. The fourth-order valence-electron chi connectivity index (χ4n) is 2.70. The second-order valence-corrected chi connectivity index (χ2v) is 7.47. The number of nitrogens with one attached hydrogen (secondary N) is 1. The molecule has 0 fully saturated rings. The topological polar surface area (TPSA) is 81.4 Å². The molecule has 0 aliphatic rings. The highest BCUT2D eigenvalue weighted by Gasteiger charge is 2.15. The van der Waals surface area contributed by atoms with E-state index in [2.05, 4.69) is 9.88 Å². The van der Waals surface area contributed by atoms with Crippen molar-refractivity contribution in [1.29, 1.82) is 0 Å². The maximum absolute atomic E-state index is 12.5. The highest BCUT2D eigenvalue weighted by Crippen LogP contribution is 2.28. The normalized spacial score (nSPS) is 11.3. The molecule has 7 heteroatoms. The number of hydrogen-bond donors (Lipinski definition) is 1. The number of nitrogens with zero attached hydrogens (tertiary/aromatic N) is 1. The first-order valence-electron chi connectivity index (χ1n) is 8.19. The van der Waals surface area contributed by atoms with Gasteiger partial charge in [-0.05, 0) is 62.7 Å². The zero-order valence-corrected chi connectivity index (χ0v) is 15.6. The van der Waals surface area contributed by atoms with E-state index in [-0.39, 0.29) is 4.90 Å². The molecular formula is C19H20N2O4S. The van der Waals surface area contributed by atoms with Gasteiger partial charge in [-0.15, -0.1) is 0 Å². The molecule has 1 aromatic heterocycles. The molecule has 0 radical (unpaired) electrons. The van der Waals surface area contributed by atoms with Crippen LogP contribution in [0.5, 0.6) is 5.75 Å². The van der Waals surface area contributed by atoms with Gasteiger partial charge >= 0.3 is 0 Å². The number of ether oxygens (including phenoxy) is 1. The monoisotopic (exact) mass is 372 g/mol. The van der Waals surface area contributed by atoms with Crippen LogP contribution in [0.2, 0.25) is 0 Å². The van der Waals surface area contributed by atoms with Gasteiger partial charge in [0.2, 0.25) is 0 Å². The fourth-order valence-corrected chi connectivity index (χ4v) is 3.75. The molecule has 0 aliphatic heterocycles. The zero-order valence-electron chi connectivity index (χ0n) is 14.8. The van der Waals surface area contributed by atoms with Crippen molar-refractivity contribution in [2.45, 2.75) is 25.7 Å². The molecule has 26 heavy (non-hydrogen) atoms. The first-order valence-corrected chi connectivity index (χ1v) is 9.68. The van der Waals surface area contributed by atoms with Gasteiger partial charge < -0.3 is 9.26 Å². The lowest BCUT2D eigenvalue weighted by Gasteiger charge is -2.10. The highest BCUT2D eigenvalue weighted by molar-refractivity contribution is 7.92. The third-order valence-electron chi connectivity index (χ3n) is 3.90. The summed E-state index contributed by atoms with van der Waals surface area (Å²) in [6, 6.07) is 13.4. The second-order valence-electron chi connectivity index (χ2n) is 5.79. The summed E-state index contributed by atoms with van der Waals surface area (Å²) >= 11 is 0. The number of aryl methyl sites for hydroxylation is 2. The van der Waals surface area contributed by atoms with Crippen molar-refractivity contribution >= 4 is 15.7 Å². The summed E-state index contributed by atoms with van der Waals surface area (Å²) in [5, 5.41) is 3.94. The summed E-state index contributed by atoms with van der Waals surface area (Å²) in [5.74, 6) is 1.36. The first kappa shape index (κ1) is 18.0. The standard InChI is InChI=1S/C19H20N2O4S/c1-4-24-17-9-11-18(12-10-17)26(22,23)21-16-7-5-15(6-8-16)19-13(2)20-25-14(19)3/h5-12,21H,4H2,1-3H3. The Kier molecular flexibility index (Phi) is 4.99. The van der Waals surface area contributed by atoms with Crippen LogP contribution in [0.25, 0.3) is 11.1 Å². The Morgan fingerprint density at radius 3 is 2.23 bits per heavy atom. The molecular weight excluding hydrogens is 352 g/mol. The zero-order chi connectivity index (χ0) is 18.7. The highest BCUT2D eigenvalue weighted by atomic mass is 32.2. The van der Waals surface area contributed by atoms with Gasteiger partial charge in [-0.3, -0.25) is 4.72 Å². The van der Waals surface area contributed by atoms with Crippen LogP contribution in [0.4, 0.5) is 5.69 Å². The van der Waals surface area contributed by atoms with Crippen LogP contribution in [-0.2, 0) is 10.0 Å². The van der Waals surface area contributed by atoms with Crippen LogP contribution in [0.1, 0.15) is 18.4 Å². The van der Waals surface area contributed by atoms with E-state index < -0.39 is 10.0 Å². The minimum Gasteiger partial charge on any atom is -0.494 e. The second kappa shape index (κ2) is 7.21. The Morgan fingerprint density at radius 2 is 1.69 bits per heavy atom. The molecule has 6 nitrogen and oxygen atoms in total. The van der Waals surface area contributed by atoms with Crippen molar-refractivity contribution in [3.05, 3.63) is 60.0 Å². The molecule has 2 aromatic carbocycles. The van der Waals surface area contributed by atoms with Gasteiger partial charge in [-0.25, -0.2) is 8.42 Å². The molecule has 0 unspecified atom stereocenters. The lowest BCUT2D eigenvalue weighted by Crippen LogP contribution is -2.12. The van der Waals surface area contributed by atoms with Crippen LogP contribution in [0, 0.1) is 13.8 Å². The molecule has 0 amide bonds. The summed E-state index contributed by atoms with van der Waals surface area (Å²) in [6.07, 6.45) is 0. The van der Waals surface area contributed by atoms with Crippen LogP contribution < -0.4 is 9.46 Å². The van der Waals surface area contributed by atoms with E-state index in [9.17, 15) is 8.42 Å². The maximum Gasteiger partial charge on any atom is 0.261 e. The molecule has 3 rings (SSSR count). The summed E-state index contributed by atoms with van der Waals surface area (Å²) in [4.78, 5) is 0.177. The number of hydrogen-bond acceptors (Lipinski definition) is 5. The summed E-state index contributed by atoms with van der Waals surface area (Å²) in [5.41, 5.74) is 3.12. The number of benzene rings is 2. The van der Waals surface area contributed by atoms with E-state index in [1.54, 1.807) is 24.3 Å². The predicted molar refractivity (Wildman–Crippen MR) is 99.8 cm³/mol. The Bertz CT molecular complexity index is 972. The van der Waals surface area contributed by atoms with Crippen molar-refractivity contribution in [2.24, 2.45) is 0 Å². The average Bonchev–Trinajstić information content (AvgIpc) is 2.95. The Hall–Kier alpha value is -2.80. The van der Waals surface area contributed by atoms with Gasteiger partial charge in [0.15, 0.2) is 0 Å². The van der Waals surface area contributed by atoms with Crippen molar-refractivity contribution in [3.63, 3.8) is 0 Å². The van der Waals surface area contributed by atoms with E-state index in [0.717, 1.165) is 22.6 Å². The first-order chi connectivity index (χ1) is 12.4. The quantitative estimate of drug-likeness (QED) is 0.703. The van der Waals surface area contributed by atoms with Crippen molar-refractivity contribution < 1.29 is 17.7 Å². The smallest absolute Gasteiger partial charge is 0.261 e. The van der Waals surface area contributed by atoms with Crippen molar-refractivity contribution in [2.75, 3.05) is 11.3 Å². The number of aromatic nitrogens is 1. The lowest BCUT2D eigenvalue weighted by molar-refractivity contribution is 0.340. The average molecular weight is 372 g/mol. The summed E-state index contributed by atoms with van der Waals surface area (Å²) < 4.78 is 38.1. The Labute approximate surface area is 152 Å². The van der Waals surface area contributed by atoms with Crippen LogP contribution in [0.3, 0.4) is 0 Å². The predicted octanol–water partition coefficient (Wildman–Crippen LogP) is 4.16. The molecule has 3 aromatic rings. The molecule has 0 atom stereocenters. The van der Waals surface area contributed by atoms with Crippen molar-refractivity contribution in [1.82, 2.24) is 5.16 Å². The number of sulfonamides is 1. The number of anilines is 1. The molecule has 0 aliphatic carbocycles. The Morgan fingerprint density at radius 1 is 1.04 bits per heavy atom. The van der Waals surface area contributed by atoms with Gasteiger partial charge in [0, 0.05) is 11.3 Å². The summed E-state index contributed by atoms with van der Waals surface area (Å²) in [7, 11) is -3.66. The van der Waals surface area contributed by atoms with Gasteiger partial charge in [0.05, 0.1) is 17.2 Å². The largest absolute Gasteiger partial charge is 0.494 e. The van der Waals surface area contributed by atoms with Gasteiger partial charge in [-0.2, -0.15) is 0 Å². The SMILES string of the molecule is CCOc1ccc(S(=O)(=O)Nc2ccc(-c3c(C)noc3C)cc2)cc1. The molecule has 0 saturated carbocycles. The van der Waals surface area contributed by atoms with E-state index >= 15 is 0 Å². The van der Waals surface area contributed by atoms with Gasteiger partial charge in [0.25, 0.3) is 10.0 Å². The van der Waals surface area contributed by atoms with Gasteiger partial charge in [0.1, 0.15) is 11.5 Å². The van der Waals surface area contributed by atoms with E-state index in [1.165, 1.54) is 12.1 Å². The van der Waals surface area contributed by atoms with E-state index in [1.807, 2.05) is 32.9 Å². The fraction of sp³-hybridized carbons (Fsp3) is 0.211. The van der Waals surface area contributed by atoms with Gasteiger partial charge in [-0.1, -0.05) is 17.3 Å². The lowest BCUT2D eigenvalue weighted by atomic mass is 10.0. The van der Waals surface area contributed by atoms with E-state index in [4.69, 9.17) is 9.26 Å².